The van der Waals surface area contributed by atoms with Gasteiger partial charge >= 0.3 is 5.97 Å². The molecule has 0 bridgehead atoms. The van der Waals surface area contributed by atoms with Crippen molar-refractivity contribution in [3.63, 3.8) is 0 Å². The normalized spacial score (nSPS) is 11.9. The molecular weight excluding hydrogens is 406 g/mol. The molecule has 0 aliphatic carbocycles. The third kappa shape index (κ3) is 6.16. The smallest absolute Gasteiger partial charge is 0.331 e. The lowest BCUT2D eigenvalue weighted by molar-refractivity contribution is -0.137. The lowest BCUT2D eigenvalue weighted by atomic mass is 10.0. The molecule has 0 amide bonds. The van der Waals surface area contributed by atoms with Gasteiger partial charge in [-0.2, -0.15) is 0 Å². The van der Waals surface area contributed by atoms with E-state index in [-0.39, 0.29) is 22.8 Å². The van der Waals surface area contributed by atoms with Crippen LogP contribution in [0.5, 0.6) is 5.75 Å². The number of rotatable bonds is 9. The molecule has 0 heterocycles. The number of hydrogen-bond donors (Lipinski definition) is 4. The topological polar surface area (TPSA) is 143 Å². The van der Waals surface area contributed by atoms with Crippen LogP contribution in [0.1, 0.15) is 30.5 Å². The summed E-state index contributed by atoms with van der Waals surface area (Å²) in [5.74, 6) is -1.11. The van der Waals surface area contributed by atoms with Crippen LogP contribution in [0.2, 0.25) is 0 Å². The first kappa shape index (κ1) is 23.1. The first-order valence-corrected chi connectivity index (χ1v) is 10.7. The summed E-state index contributed by atoms with van der Waals surface area (Å²) < 4.78 is 32.3. The molecule has 0 saturated heterocycles. The Hall–Kier alpha value is -3.17. The highest BCUT2D eigenvalue weighted by molar-refractivity contribution is 7.89. The summed E-state index contributed by atoms with van der Waals surface area (Å²) in [6, 6.07) is 11.1. The van der Waals surface area contributed by atoms with Gasteiger partial charge in [0.2, 0.25) is 10.0 Å². The predicted octanol–water partition coefficient (Wildman–Crippen LogP) is 2.16. The van der Waals surface area contributed by atoms with Gasteiger partial charge in [-0.15, -0.1) is 0 Å². The van der Waals surface area contributed by atoms with E-state index in [9.17, 15) is 18.3 Å². The predicted molar refractivity (Wildman–Crippen MR) is 115 cm³/mol. The summed E-state index contributed by atoms with van der Waals surface area (Å²) >= 11 is 0. The molecule has 0 radical (unpaired) electrons. The highest BCUT2D eigenvalue weighted by atomic mass is 32.2. The molecule has 0 aliphatic heterocycles. The van der Waals surface area contributed by atoms with Crippen LogP contribution in [-0.2, 0) is 26.0 Å². The Morgan fingerprint density at radius 1 is 1.20 bits per heavy atom. The molecule has 0 aromatic heterocycles. The third-order valence-electron chi connectivity index (χ3n) is 4.30. The van der Waals surface area contributed by atoms with Crippen LogP contribution >= 0.6 is 0 Å². The maximum atomic E-state index is 12.5. The van der Waals surface area contributed by atoms with Crippen LogP contribution in [0, 0.1) is 5.41 Å². The number of benzene rings is 2. The molecule has 0 aliphatic rings. The van der Waals surface area contributed by atoms with E-state index in [1.165, 1.54) is 18.2 Å². The van der Waals surface area contributed by atoms with Crippen molar-refractivity contribution in [3.05, 3.63) is 65.2 Å². The number of amidine groups is 1. The molecule has 2 aromatic carbocycles. The van der Waals surface area contributed by atoms with Gasteiger partial charge in [0, 0.05) is 18.2 Å². The Kier molecular flexibility index (Phi) is 7.73. The van der Waals surface area contributed by atoms with Gasteiger partial charge in [-0.3, -0.25) is 5.41 Å². The van der Waals surface area contributed by atoms with E-state index in [0.717, 1.165) is 22.8 Å². The first-order chi connectivity index (χ1) is 14.1. The zero-order valence-electron chi connectivity index (χ0n) is 16.8. The van der Waals surface area contributed by atoms with E-state index < -0.39 is 21.7 Å². The molecule has 2 rings (SSSR count). The molecule has 30 heavy (non-hydrogen) atoms. The minimum Gasteiger partial charge on any atom is -0.507 e. The number of nitrogen functional groups attached to an aromatic ring is 1. The number of hydrogen-bond acceptors (Lipinski definition) is 6. The Morgan fingerprint density at radius 3 is 2.43 bits per heavy atom. The fraction of sp³-hybridized carbons (Fsp3) is 0.238. The molecule has 160 valence electrons. The van der Waals surface area contributed by atoms with Crippen molar-refractivity contribution in [2.75, 3.05) is 13.2 Å². The van der Waals surface area contributed by atoms with Crippen LogP contribution in [0.25, 0.3) is 5.57 Å². The van der Waals surface area contributed by atoms with Crippen molar-refractivity contribution in [3.8, 4) is 5.75 Å². The van der Waals surface area contributed by atoms with Crippen LogP contribution in [0.3, 0.4) is 0 Å². The number of nitrogens with two attached hydrogens (primary N) is 1. The van der Waals surface area contributed by atoms with Crippen molar-refractivity contribution in [1.82, 2.24) is 4.72 Å². The highest BCUT2D eigenvalue weighted by Gasteiger charge is 2.19. The Labute approximate surface area is 175 Å². The summed E-state index contributed by atoms with van der Waals surface area (Å²) in [7, 11) is -3.97. The number of sulfonamides is 1. The third-order valence-corrected chi connectivity index (χ3v) is 5.79. The molecule has 9 heteroatoms. The maximum absolute atomic E-state index is 12.5. The van der Waals surface area contributed by atoms with Crippen molar-refractivity contribution < 1.29 is 23.1 Å². The van der Waals surface area contributed by atoms with Gasteiger partial charge in [0.15, 0.2) is 0 Å². The van der Waals surface area contributed by atoms with Crippen LogP contribution in [0.4, 0.5) is 0 Å². The monoisotopic (exact) mass is 431 g/mol. The molecule has 0 saturated carbocycles. The van der Waals surface area contributed by atoms with Crippen molar-refractivity contribution in [2.45, 2.75) is 25.2 Å². The zero-order chi connectivity index (χ0) is 22.3. The number of esters is 1. The van der Waals surface area contributed by atoms with Gasteiger partial charge in [-0.25, -0.2) is 17.9 Å². The van der Waals surface area contributed by atoms with E-state index >= 15 is 0 Å². The van der Waals surface area contributed by atoms with E-state index in [1.807, 2.05) is 31.2 Å². The highest BCUT2D eigenvalue weighted by Crippen LogP contribution is 2.23. The summed E-state index contributed by atoms with van der Waals surface area (Å²) in [5.41, 5.74) is 8.11. The number of ether oxygens (including phenoxy) is 1. The molecule has 8 nitrogen and oxygen atoms in total. The van der Waals surface area contributed by atoms with Crippen molar-refractivity contribution in [2.24, 2.45) is 5.73 Å². The summed E-state index contributed by atoms with van der Waals surface area (Å²) in [6.45, 7) is 3.98. The van der Waals surface area contributed by atoms with Gasteiger partial charge in [0.1, 0.15) is 16.5 Å². The fourth-order valence-corrected chi connectivity index (χ4v) is 3.83. The quantitative estimate of drug-likeness (QED) is 0.207. The average Bonchev–Trinajstić information content (AvgIpc) is 2.68. The number of carbonyl (C=O) groups is 1. The minimum atomic E-state index is -3.97. The zero-order valence-corrected chi connectivity index (χ0v) is 17.6. The molecule has 0 spiro atoms. The number of phenols is 1. The van der Waals surface area contributed by atoms with E-state index in [1.54, 1.807) is 6.92 Å². The van der Waals surface area contributed by atoms with Gasteiger partial charge < -0.3 is 15.6 Å². The Morgan fingerprint density at radius 2 is 1.83 bits per heavy atom. The standard InChI is InChI=1S/C21H25N3O5S/c1-3-29-20(26)12-14(2)16-6-4-15(5-7-16)10-11-24-30(27,28)19-13-17(21(22)23)8-9-18(19)25/h4-9,12-13,24-25H,3,10-11H2,1-2H3,(H3,22,23). The molecule has 2 aromatic rings. The molecular formula is C21H25N3O5S. The van der Waals surface area contributed by atoms with Gasteiger partial charge in [-0.1, -0.05) is 24.3 Å². The Bertz CT molecular complexity index is 1060. The summed E-state index contributed by atoms with van der Waals surface area (Å²) in [4.78, 5) is 11.2. The van der Waals surface area contributed by atoms with E-state index in [4.69, 9.17) is 15.9 Å². The maximum Gasteiger partial charge on any atom is 0.331 e. The second-order valence-corrected chi connectivity index (χ2v) is 8.26. The van der Waals surface area contributed by atoms with E-state index in [2.05, 4.69) is 4.72 Å². The van der Waals surface area contributed by atoms with Gasteiger partial charge in [0.25, 0.3) is 0 Å². The molecule has 0 unspecified atom stereocenters. The van der Waals surface area contributed by atoms with Crippen LogP contribution < -0.4 is 10.5 Å². The minimum absolute atomic E-state index is 0.114. The average molecular weight is 432 g/mol. The first-order valence-electron chi connectivity index (χ1n) is 9.25. The lowest BCUT2D eigenvalue weighted by Gasteiger charge is -2.10. The van der Waals surface area contributed by atoms with Crippen molar-refractivity contribution in [1.29, 1.82) is 5.41 Å². The SMILES string of the molecule is CCOC(=O)C=C(C)c1ccc(CCNS(=O)(=O)c2cc(C(=N)N)ccc2O)cc1. The fourth-order valence-electron chi connectivity index (χ4n) is 2.68. The van der Waals surface area contributed by atoms with Crippen LogP contribution in [-0.4, -0.2) is 38.5 Å². The number of aromatic hydroxyl groups is 1. The van der Waals surface area contributed by atoms with Gasteiger partial charge in [-0.05, 0) is 55.2 Å². The Balaban J connectivity index is 2.02. The number of allylic oxidation sites excluding steroid dienone is 1. The summed E-state index contributed by atoms with van der Waals surface area (Å²) in [6.07, 6.45) is 1.85. The molecule has 0 atom stereocenters. The van der Waals surface area contributed by atoms with Crippen molar-refractivity contribution >= 4 is 27.4 Å². The van der Waals surface area contributed by atoms with Gasteiger partial charge in [0.05, 0.1) is 6.61 Å². The lowest BCUT2D eigenvalue weighted by Crippen LogP contribution is -2.26. The number of nitrogens with one attached hydrogen (secondary N) is 2. The number of carbonyl (C=O) groups excluding carboxylic acids is 1. The second-order valence-electron chi connectivity index (χ2n) is 6.52. The number of phenolic OH excluding ortho intramolecular Hbond substituents is 1. The van der Waals surface area contributed by atoms with Crippen LogP contribution in [0.15, 0.2) is 53.4 Å². The largest absolute Gasteiger partial charge is 0.507 e. The molecule has 0 fully saturated rings. The summed E-state index contributed by atoms with van der Waals surface area (Å²) in [5, 5.41) is 17.3. The second kappa shape index (κ2) is 10.0. The van der Waals surface area contributed by atoms with E-state index in [0.29, 0.717) is 13.0 Å². The molecule has 5 N–H and O–H groups in total.